The zero-order chi connectivity index (χ0) is 29.5. The van der Waals surface area contributed by atoms with Gasteiger partial charge in [-0.15, -0.1) is 0 Å². The Kier molecular flexibility index (Phi) is 8.58. The van der Waals surface area contributed by atoms with E-state index in [9.17, 15) is 14.4 Å². The molecule has 3 aromatic carbocycles. The number of nitrogens with one attached hydrogen (secondary N) is 2. The van der Waals surface area contributed by atoms with Crippen LogP contribution in [0.15, 0.2) is 59.1 Å². The van der Waals surface area contributed by atoms with Gasteiger partial charge in [-0.25, -0.2) is 0 Å². The van der Waals surface area contributed by atoms with Gasteiger partial charge in [0.25, 0.3) is 0 Å². The quantitative estimate of drug-likeness (QED) is 0.257. The van der Waals surface area contributed by atoms with E-state index in [0.717, 1.165) is 4.47 Å². The molecule has 7 nitrogen and oxygen atoms in total. The fraction of sp³-hybridized carbons (Fsp3) is 0.300. The van der Waals surface area contributed by atoms with E-state index in [4.69, 9.17) is 44.3 Å². The van der Waals surface area contributed by atoms with Gasteiger partial charge in [-0.3, -0.25) is 14.4 Å². The second kappa shape index (κ2) is 11.8. The van der Waals surface area contributed by atoms with Gasteiger partial charge in [0.2, 0.25) is 11.8 Å². The molecule has 4 atom stereocenters. The normalized spacial score (nSPS) is 22.1. The number of esters is 1. The molecule has 0 saturated carbocycles. The number of fused-ring (bicyclic) bond motifs is 2. The highest BCUT2D eigenvalue weighted by atomic mass is 79.9. The molecule has 1 saturated heterocycles. The predicted molar refractivity (Wildman–Crippen MR) is 162 cm³/mol. The van der Waals surface area contributed by atoms with Crippen LogP contribution in [0.2, 0.25) is 15.1 Å². The Morgan fingerprint density at radius 2 is 1.78 bits per heavy atom. The third-order valence-corrected chi connectivity index (χ3v) is 8.85. The van der Waals surface area contributed by atoms with Crippen LogP contribution < -0.4 is 15.4 Å². The lowest BCUT2D eigenvalue weighted by Gasteiger charge is -2.47. The highest BCUT2D eigenvalue weighted by molar-refractivity contribution is 9.10. The fourth-order valence-electron chi connectivity index (χ4n) is 5.75. The first-order chi connectivity index (χ1) is 19.6. The summed E-state index contributed by atoms with van der Waals surface area (Å²) in [5.41, 5.74) is 0.965. The standard InChI is InChI=1S/C30H26BrCl3N2O5/c1-3-40-28(38)15(2)14-41-25-9-4-16(31)10-19(25)22-13-26(37)36-27(20-11-17(32)6-8-23(20)34)30(22)21-7-5-18(33)12-24(21)35-29(30)39/h4-12,15,22,27H,3,13-14H2,1-2H3,(H,35,39)(H,36,37)/t15?,22-,27+,30-/m1/s1. The summed E-state index contributed by atoms with van der Waals surface area (Å²) in [5, 5.41) is 7.25. The van der Waals surface area contributed by atoms with Crippen LogP contribution in [0.3, 0.4) is 0 Å². The summed E-state index contributed by atoms with van der Waals surface area (Å²) < 4.78 is 12.0. The molecule has 3 aromatic rings. The molecule has 1 spiro atoms. The number of carbonyl (C=O) groups excluding carboxylic acids is 3. The molecule has 2 amide bonds. The van der Waals surface area contributed by atoms with Crippen molar-refractivity contribution >= 4 is 74.2 Å². The Bertz CT molecular complexity index is 1550. The highest BCUT2D eigenvalue weighted by Crippen LogP contribution is 2.59. The van der Waals surface area contributed by atoms with Crippen LogP contribution in [0.5, 0.6) is 5.75 Å². The van der Waals surface area contributed by atoms with Crippen molar-refractivity contribution in [3.05, 3.63) is 90.8 Å². The van der Waals surface area contributed by atoms with Crippen molar-refractivity contribution in [2.24, 2.45) is 5.92 Å². The van der Waals surface area contributed by atoms with E-state index in [2.05, 4.69) is 26.6 Å². The van der Waals surface area contributed by atoms with Crippen molar-refractivity contribution < 1.29 is 23.9 Å². The minimum absolute atomic E-state index is 0.0234. The van der Waals surface area contributed by atoms with Crippen LogP contribution in [0.1, 0.15) is 48.9 Å². The van der Waals surface area contributed by atoms with Crippen molar-refractivity contribution in [3.8, 4) is 5.75 Å². The minimum Gasteiger partial charge on any atom is -0.492 e. The first-order valence-corrected chi connectivity index (χ1v) is 14.9. The predicted octanol–water partition coefficient (Wildman–Crippen LogP) is 7.22. The van der Waals surface area contributed by atoms with E-state index < -0.39 is 23.3 Å². The number of hydrogen-bond acceptors (Lipinski definition) is 5. The first-order valence-electron chi connectivity index (χ1n) is 13.0. The number of halogens is 4. The number of rotatable bonds is 7. The SMILES string of the molecule is CCOC(=O)C(C)COc1ccc(Br)cc1[C@H]1CC(=O)N[C@@H](c2cc(Cl)ccc2Cl)[C@]12C(=O)Nc1cc(Cl)ccc12. The molecule has 1 fully saturated rings. The van der Waals surface area contributed by atoms with Crippen molar-refractivity contribution in [1.82, 2.24) is 5.32 Å². The van der Waals surface area contributed by atoms with Crippen molar-refractivity contribution in [2.45, 2.75) is 37.6 Å². The van der Waals surface area contributed by atoms with Crippen LogP contribution in [-0.2, 0) is 24.5 Å². The Balaban J connectivity index is 1.71. The Labute approximate surface area is 261 Å². The maximum absolute atomic E-state index is 14.3. The number of hydrogen-bond donors (Lipinski definition) is 2. The summed E-state index contributed by atoms with van der Waals surface area (Å²) in [4.78, 5) is 40.0. The Hall–Kier alpha value is -2.78. The first kappa shape index (κ1) is 29.7. The summed E-state index contributed by atoms with van der Waals surface area (Å²) in [6.45, 7) is 3.76. The summed E-state index contributed by atoms with van der Waals surface area (Å²) in [5.74, 6) is -1.78. The molecular weight excluding hydrogens is 655 g/mol. The lowest BCUT2D eigenvalue weighted by molar-refractivity contribution is -0.148. The van der Waals surface area contributed by atoms with Crippen molar-refractivity contribution in [2.75, 3.05) is 18.5 Å². The monoisotopic (exact) mass is 678 g/mol. The van der Waals surface area contributed by atoms with Crippen LogP contribution in [-0.4, -0.2) is 31.0 Å². The molecule has 2 aliphatic rings. The summed E-state index contributed by atoms with van der Waals surface area (Å²) >= 11 is 22.9. The van der Waals surface area contributed by atoms with Gasteiger partial charge in [0.15, 0.2) is 0 Å². The number of anilines is 1. The zero-order valence-corrected chi connectivity index (χ0v) is 26.0. The molecule has 2 aliphatic heterocycles. The number of ether oxygens (including phenoxy) is 2. The summed E-state index contributed by atoms with van der Waals surface area (Å²) in [6.07, 6.45) is -0.0234. The van der Waals surface area contributed by atoms with E-state index in [1.54, 1.807) is 62.4 Å². The van der Waals surface area contributed by atoms with Crippen LogP contribution in [0, 0.1) is 5.92 Å². The Morgan fingerprint density at radius 1 is 1.05 bits per heavy atom. The molecule has 0 radical (unpaired) electrons. The van der Waals surface area contributed by atoms with E-state index in [-0.39, 0.29) is 37.4 Å². The van der Waals surface area contributed by atoms with Gasteiger partial charge in [0, 0.05) is 43.1 Å². The van der Waals surface area contributed by atoms with Crippen LogP contribution >= 0.6 is 50.7 Å². The fourth-order valence-corrected chi connectivity index (χ4v) is 6.71. The van der Waals surface area contributed by atoms with Gasteiger partial charge in [0.05, 0.1) is 18.6 Å². The number of carbonyl (C=O) groups is 3. The van der Waals surface area contributed by atoms with E-state index in [1.165, 1.54) is 0 Å². The van der Waals surface area contributed by atoms with Crippen molar-refractivity contribution in [3.63, 3.8) is 0 Å². The summed E-state index contributed by atoms with van der Waals surface area (Å²) in [7, 11) is 0. The van der Waals surface area contributed by atoms with E-state index >= 15 is 0 Å². The average Bonchev–Trinajstić information content (AvgIpc) is 3.21. The Morgan fingerprint density at radius 3 is 2.54 bits per heavy atom. The molecule has 0 aromatic heterocycles. The molecule has 41 heavy (non-hydrogen) atoms. The molecule has 5 rings (SSSR count). The third kappa shape index (κ3) is 5.43. The lowest BCUT2D eigenvalue weighted by atomic mass is 9.59. The summed E-state index contributed by atoms with van der Waals surface area (Å²) in [6, 6.07) is 14.7. The molecule has 2 heterocycles. The maximum Gasteiger partial charge on any atom is 0.312 e. The second-order valence-corrected chi connectivity index (χ2v) is 12.3. The average molecular weight is 681 g/mol. The van der Waals surface area contributed by atoms with Crippen LogP contribution in [0.4, 0.5) is 5.69 Å². The van der Waals surface area contributed by atoms with Crippen LogP contribution in [0.25, 0.3) is 0 Å². The van der Waals surface area contributed by atoms with E-state index in [0.29, 0.717) is 43.2 Å². The number of amides is 2. The molecule has 11 heteroatoms. The van der Waals surface area contributed by atoms with Gasteiger partial charge >= 0.3 is 5.97 Å². The topological polar surface area (TPSA) is 93.7 Å². The second-order valence-electron chi connectivity index (χ2n) is 10.1. The third-order valence-electron chi connectivity index (χ3n) is 7.55. The molecular formula is C30H26BrCl3N2O5. The van der Waals surface area contributed by atoms with Crippen molar-refractivity contribution in [1.29, 1.82) is 0 Å². The van der Waals surface area contributed by atoms with Gasteiger partial charge in [0.1, 0.15) is 17.8 Å². The largest absolute Gasteiger partial charge is 0.492 e. The molecule has 0 aliphatic carbocycles. The zero-order valence-electron chi connectivity index (χ0n) is 22.1. The van der Waals surface area contributed by atoms with Gasteiger partial charge in [-0.05, 0) is 73.5 Å². The van der Waals surface area contributed by atoms with E-state index in [1.807, 2.05) is 6.07 Å². The molecule has 1 unspecified atom stereocenters. The molecule has 0 bridgehead atoms. The van der Waals surface area contributed by atoms with Gasteiger partial charge in [-0.1, -0.05) is 56.8 Å². The number of piperidine rings is 1. The number of benzene rings is 3. The minimum atomic E-state index is -1.35. The molecule has 2 N–H and O–H groups in total. The van der Waals surface area contributed by atoms with Gasteiger partial charge < -0.3 is 20.1 Å². The lowest BCUT2D eigenvalue weighted by Crippen LogP contribution is -2.57. The maximum atomic E-state index is 14.3. The molecule has 214 valence electrons. The van der Waals surface area contributed by atoms with Gasteiger partial charge in [-0.2, -0.15) is 0 Å². The smallest absolute Gasteiger partial charge is 0.312 e. The highest BCUT2D eigenvalue weighted by Gasteiger charge is 2.62.